The molecule has 2 atom stereocenters. The average molecular weight is 875 g/mol. The zero-order valence-corrected chi connectivity index (χ0v) is 36.8. The summed E-state index contributed by atoms with van der Waals surface area (Å²) in [7, 11) is 0. The van der Waals surface area contributed by atoms with Crippen LogP contribution in [-0.2, 0) is 17.8 Å². The van der Waals surface area contributed by atoms with E-state index in [0.29, 0.717) is 39.1 Å². The topological polar surface area (TPSA) is 57.4 Å². The Morgan fingerprint density at radius 1 is 0.523 bits per heavy atom. The summed E-state index contributed by atoms with van der Waals surface area (Å²) in [6.45, 7) is 15.4. The average Bonchev–Trinajstić information content (AvgIpc) is 3.77. The van der Waals surface area contributed by atoms with Gasteiger partial charge in [-0.05, 0) is 112 Å². The van der Waals surface area contributed by atoms with E-state index in [0.717, 1.165) is 57.7 Å². The van der Waals surface area contributed by atoms with E-state index in [1.54, 1.807) is 41.0 Å². The van der Waals surface area contributed by atoms with Crippen LogP contribution in [0.1, 0.15) is 93.5 Å². The molecule has 0 saturated heterocycles. The van der Waals surface area contributed by atoms with Crippen LogP contribution < -0.4 is 0 Å². The third kappa shape index (κ3) is 7.35. The Morgan fingerprint density at radius 2 is 1.02 bits per heavy atom. The fraction of sp³-hybridized carbons (Fsp3) is 0.236. The molecule has 65 heavy (non-hydrogen) atoms. The van der Waals surface area contributed by atoms with Crippen molar-refractivity contribution in [2.45, 2.75) is 72.2 Å². The number of alkyl halides is 6. The molecule has 4 nitrogen and oxygen atoms in total. The normalized spacial score (nSPS) is 15.7. The first kappa shape index (κ1) is 43.2. The second-order valence-corrected chi connectivity index (χ2v) is 19.2. The van der Waals surface area contributed by atoms with E-state index in [9.17, 15) is 36.9 Å². The summed E-state index contributed by atoms with van der Waals surface area (Å²) in [5.41, 5.74) is 6.85. The monoisotopic (exact) mass is 874 g/mol. The molecule has 1 aliphatic rings. The highest BCUT2D eigenvalue weighted by Crippen LogP contribution is 2.50. The van der Waals surface area contributed by atoms with Crippen LogP contribution in [0.2, 0.25) is 0 Å². The molecule has 1 aliphatic carbocycles. The van der Waals surface area contributed by atoms with Gasteiger partial charge in [0.2, 0.25) is 0 Å². The summed E-state index contributed by atoms with van der Waals surface area (Å²) in [6, 6.07) is 35.5. The minimum absolute atomic E-state index is 0.00631. The van der Waals surface area contributed by atoms with Gasteiger partial charge in [-0.3, -0.25) is 0 Å². The van der Waals surface area contributed by atoms with E-state index in [4.69, 9.17) is 0 Å². The van der Waals surface area contributed by atoms with Gasteiger partial charge in [0.25, 0.3) is 0 Å². The summed E-state index contributed by atoms with van der Waals surface area (Å²) in [4.78, 5) is 0. The summed E-state index contributed by atoms with van der Waals surface area (Å²) >= 11 is 0. The Hall–Kier alpha value is -7.04. The van der Waals surface area contributed by atoms with Crippen molar-refractivity contribution in [1.29, 1.82) is 10.5 Å². The minimum Gasteiger partial charge on any atom is -0.312 e. The second kappa shape index (κ2) is 15.0. The Morgan fingerprint density at radius 3 is 1.48 bits per heavy atom. The number of rotatable bonds is 4. The van der Waals surface area contributed by atoms with Crippen LogP contribution in [0.25, 0.3) is 72.4 Å². The maximum atomic E-state index is 14.3. The molecular weight excluding hydrogens is 831 g/mol. The maximum absolute atomic E-state index is 14.3. The highest BCUT2D eigenvalue weighted by Gasteiger charge is 2.37. The number of benzene rings is 6. The zero-order valence-electron chi connectivity index (χ0n) is 36.8. The number of nitriles is 2. The number of aromatic nitrogens is 2. The molecule has 6 aromatic carbocycles. The van der Waals surface area contributed by atoms with E-state index in [1.807, 2.05) is 24.3 Å². The van der Waals surface area contributed by atoms with E-state index in [1.165, 1.54) is 12.1 Å². The quantitative estimate of drug-likeness (QED) is 0.165. The molecule has 0 fully saturated rings. The zero-order chi connectivity index (χ0) is 46.5. The molecule has 2 aromatic heterocycles. The van der Waals surface area contributed by atoms with E-state index in [-0.39, 0.29) is 44.5 Å². The lowest BCUT2D eigenvalue weighted by atomic mass is 9.69. The molecule has 9 rings (SSSR count). The Labute approximate surface area is 373 Å². The van der Waals surface area contributed by atoms with Gasteiger partial charge >= 0.3 is 12.4 Å². The summed E-state index contributed by atoms with van der Waals surface area (Å²) in [6.07, 6.45) is -5.02. The van der Waals surface area contributed by atoms with Gasteiger partial charge in [0.1, 0.15) is 0 Å². The van der Waals surface area contributed by atoms with Crippen molar-refractivity contribution in [2.24, 2.45) is 11.3 Å². The fourth-order valence-electron chi connectivity index (χ4n) is 9.82. The highest BCUT2D eigenvalue weighted by atomic mass is 19.4. The molecule has 0 bridgehead atoms. The first-order valence-corrected chi connectivity index (χ1v) is 21.4. The molecule has 8 aromatic rings. The number of hydrogen-bond acceptors (Lipinski definition) is 2. The lowest BCUT2D eigenvalue weighted by molar-refractivity contribution is -0.138. The predicted molar refractivity (Wildman–Crippen MR) is 247 cm³/mol. The smallest absolute Gasteiger partial charge is 0.312 e. The SMILES string of the molecule is CC1c2c(c3ccc(C(C)(C)C)cc3n2-c2cc(-c3cccc(C#N)c3)c(-n3c4ccc(C(F)(F)F)cc4c4cc(C(F)(F)F)ccc43)cc2-c2cccc(C#N)c2)C=CC1C(C)(C)C. The van der Waals surface area contributed by atoms with Gasteiger partial charge in [0, 0.05) is 44.5 Å². The number of allylic oxidation sites excluding steroid dienone is 1. The van der Waals surface area contributed by atoms with Crippen LogP contribution in [-0.4, -0.2) is 9.13 Å². The van der Waals surface area contributed by atoms with Gasteiger partial charge in [0.05, 0.1) is 62.3 Å². The largest absolute Gasteiger partial charge is 0.416 e. The molecule has 2 heterocycles. The first-order valence-electron chi connectivity index (χ1n) is 21.4. The summed E-state index contributed by atoms with van der Waals surface area (Å²) in [5.74, 6) is 0.143. The van der Waals surface area contributed by atoms with Crippen molar-refractivity contribution in [2.75, 3.05) is 0 Å². The standard InChI is InChI=1S/C55H44F6N4/c1-31-45(53(5,6)7)19-18-40-39-17-14-36(52(2,3)4)26-48(39)65(51(31)40)50-28-41(34-12-8-10-32(22-34)29-62)49(27-42(50)35-13-9-11-33(23-35)30-63)64-46-20-15-37(54(56,57)58)24-43(46)44-25-38(55(59,60)61)16-21-47(44)64/h8-28,31,45H,1-7H3. The molecule has 0 saturated carbocycles. The number of nitrogens with zero attached hydrogens (tertiary/aromatic N) is 4. The molecule has 0 aliphatic heterocycles. The number of fused-ring (bicyclic) bond motifs is 6. The van der Waals surface area contributed by atoms with Gasteiger partial charge in [-0.25, -0.2) is 0 Å². The molecule has 10 heteroatoms. The highest BCUT2D eigenvalue weighted by molar-refractivity contribution is 6.11. The van der Waals surface area contributed by atoms with Crippen molar-refractivity contribution in [1.82, 2.24) is 9.13 Å². The van der Waals surface area contributed by atoms with E-state index < -0.39 is 23.5 Å². The van der Waals surface area contributed by atoms with Gasteiger partial charge in [-0.2, -0.15) is 36.9 Å². The van der Waals surface area contributed by atoms with Crippen LogP contribution in [0, 0.1) is 34.0 Å². The van der Waals surface area contributed by atoms with Crippen molar-refractivity contribution < 1.29 is 26.3 Å². The van der Waals surface area contributed by atoms with E-state index >= 15 is 0 Å². The minimum atomic E-state index is -4.77. The molecule has 0 amide bonds. The van der Waals surface area contributed by atoms with Crippen LogP contribution in [0.4, 0.5) is 26.3 Å². The van der Waals surface area contributed by atoms with Crippen LogP contribution >= 0.6 is 0 Å². The van der Waals surface area contributed by atoms with E-state index in [2.05, 4.69) is 95.5 Å². The van der Waals surface area contributed by atoms with Crippen LogP contribution in [0.5, 0.6) is 0 Å². The first-order chi connectivity index (χ1) is 30.6. The molecular formula is C55H44F6N4. The van der Waals surface area contributed by atoms with Crippen LogP contribution in [0.3, 0.4) is 0 Å². The second-order valence-electron chi connectivity index (χ2n) is 19.2. The van der Waals surface area contributed by atoms with Gasteiger partial charge < -0.3 is 9.13 Å². The van der Waals surface area contributed by atoms with Crippen molar-refractivity contribution in [3.63, 3.8) is 0 Å². The lowest BCUT2D eigenvalue weighted by Gasteiger charge is -2.37. The Kier molecular flexibility index (Phi) is 9.99. The Balaban J connectivity index is 1.50. The third-order valence-corrected chi connectivity index (χ3v) is 13.0. The molecule has 0 radical (unpaired) electrons. The maximum Gasteiger partial charge on any atom is 0.416 e. The lowest BCUT2D eigenvalue weighted by Crippen LogP contribution is -2.27. The van der Waals surface area contributed by atoms with Gasteiger partial charge in [-0.1, -0.05) is 97.0 Å². The van der Waals surface area contributed by atoms with Crippen molar-refractivity contribution >= 4 is 38.8 Å². The summed E-state index contributed by atoms with van der Waals surface area (Å²) in [5, 5.41) is 21.4. The molecule has 2 unspecified atom stereocenters. The number of hydrogen-bond donors (Lipinski definition) is 0. The third-order valence-electron chi connectivity index (χ3n) is 13.0. The van der Waals surface area contributed by atoms with Crippen molar-refractivity contribution in [3.8, 4) is 45.8 Å². The van der Waals surface area contributed by atoms with Gasteiger partial charge in [-0.15, -0.1) is 0 Å². The predicted octanol–water partition coefficient (Wildman–Crippen LogP) is 15.9. The molecule has 0 spiro atoms. The van der Waals surface area contributed by atoms with Crippen LogP contribution in [0.15, 0.2) is 121 Å². The van der Waals surface area contributed by atoms with Gasteiger partial charge in [0.15, 0.2) is 0 Å². The Bertz CT molecular complexity index is 3300. The van der Waals surface area contributed by atoms with Crippen molar-refractivity contribution in [3.05, 3.63) is 160 Å². The molecule has 326 valence electrons. The fourth-order valence-corrected chi connectivity index (χ4v) is 9.82. The summed E-state index contributed by atoms with van der Waals surface area (Å²) < 4.78 is 90.1. The molecule has 0 N–H and O–H groups in total. The number of halogens is 6.